The number of nitrogens with zero attached hydrogens (tertiary/aromatic N) is 2. The van der Waals surface area contributed by atoms with E-state index in [1.807, 2.05) is 30.1 Å². The zero-order valence-corrected chi connectivity index (χ0v) is 18.7. The largest absolute Gasteiger partial charge is 0.492 e. The molecule has 0 N–H and O–H groups in total. The first-order valence-corrected chi connectivity index (χ1v) is 12.1. The first kappa shape index (κ1) is 21.9. The lowest BCUT2D eigenvalue weighted by molar-refractivity contribution is 0.0322. The van der Waals surface area contributed by atoms with Crippen LogP contribution in [0.2, 0.25) is 0 Å². The molecule has 1 saturated heterocycles. The van der Waals surface area contributed by atoms with Gasteiger partial charge in [0.15, 0.2) is 0 Å². The van der Waals surface area contributed by atoms with Gasteiger partial charge in [-0.1, -0.05) is 48.5 Å². The summed E-state index contributed by atoms with van der Waals surface area (Å²) in [6.45, 7) is 5.30. The van der Waals surface area contributed by atoms with Gasteiger partial charge < -0.3 is 9.47 Å². The van der Waals surface area contributed by atoms with E-state index < -0.39 is 0 Å². The standard InChI is InChI=1S/C26H30N2O2S/c1-2-4-22(5-3-1)12-19-31-21-25-9-6-24(20-27-25)23-7-10-26(11-8-23)30-18-15-28-13-16-29-17-14-28/h1-11,20H,12-19,21H2. The lowest BCUT2D eigenvalue weighted by Crippen LogP contribution is -2.38. The van der Waals surface area contributed by atoms with E-state index in [-0.39, 0.29) is 0 Å². The fourth-order valence-electron chi connectivity index (χ4n) is 3.55. The Kier molecular flexibility index (Phi) is 8.39. The Morgan fingerprint density at radius 1 is 0.903 bits per heavy atom. The van der Waals surface area contributed by atoms with Gasteiger partial charge in [-0.3, -0.25) is 9.88 Å². The average molecular weight is 435 g/mol. The molecule has 4 nitrogen and oxygen atoms in total. The van der Waals surface area contributed by atoms with Crippen molar-refractivity contribution in [2.45, 2.75) is 12.2 Å². The minimum Gasteiger partial charge on any atom is -0.492 e. The van der Waals surface area contributed by atoms with Crippen molar-refractivity contribution in [2.24, 2.45) is 0 Å². The zero-order valence-electron chi connectivity index (χ0n) is 17.9. The number of benzene rings is 2. The minimum absolute atomic E-state index is 0.706. The molecule has 0 bridgehead atoms. The van der Waals surface area contributed by atoms with E-state index in [0.29, 0.717) is 6.61 Å². The molecule has 1 fully saturated rings. The topological polar surface area (TPSA) is 34.6 Å². The molecule has 1 aromatic heterocycles. The third-order valence-corrected chi connectivity index (χ3v) is 6.41. The average Bonchev–Trinajstić information content (AvgIpc) is 2.84. The summed E-state index contributed by atoms with van der Waals surface area (Å²) in [6.07, 6.45) is 3.08. The summed E-state index contributed by atoms with van der Waals surface area (Å²) in [6, 6.07) is 23.2. The smallest absolute Gasteiger partial charge is 0.119 e. The highest BCUT2D eigenvalue weighted by Gasteiger charge is 2.09. The maximum absolute atomic E-state index is 5.90. The van der Waals surface area contributed by atoms with Gasteiger partial charge in [-0.05, 0) is 41.5 Å². The fraction of sp³-hybridized carbons (Fsp3) is 0.346. The van der Waals surface area contributed by atoms with Crippen LogP contribution >= 0.6 is 11.8 Å². The van der Waals surface area contributed by atoms with Crippen molar-refractivity contribution in [1.29, 1.82) is 0 Å². The van der Waals surface area contributed by atoms with Crippen LogP contribution in [0.5, 0.6) is 5.75 Å². The molecule has 0 unspecified atom stereocenters. The SMILES string of the molecule is c1ccc(CCSCc2ccc(-c3ccc(OCCN4CCOCC4)cc3)cn2)cc1. The first-order valence-electron chi connectivity index (χ1n) is 11.0. The second kappa shape index (κ2) is 11.9. The molecule has 162 valence electrons. The van der Waals surface area contributed by atoms with Gasteiger partial charge in [-0.25, -0.2) is 0 Å². The Bertz CT molecular complexity index is 895. The highest BCUT2D eigenvalue weighted by Crippen LogP contribution is 2.23. The summed E-state index contributed by atoms with van der Waals surface area (Å²) in [5.74, 6) is 2.97. The molecule has 0 radical (unpaired) electrons. The molecule has 2 heterocycles. The van der Waals surface area contributed by atoms with Crippen LogP contribution in [-0.2, 0) is 16.9 Å². The van der Waals surface area contributed by atoms with Gasteiger partial charge in [0.2, 0.25) is 0 Å². The van der Waals surface area contributed by atoms with E-state index >= 15 is 0 Å². The van der Waals surface area contributed by atoms with E-state index in [1.165, 1.54) is 5.56 Å². The van der Waals surface area contributed by atoms with Crippen molar-refractivity contribution in [3.8, 4) is 16.9 Å². The summed E-state index contributed by atoms with van der Waals surface area (Å²) in [5, 5.41) is 0. The van der Waals surface area contributed by atoms with E-state index in [0.717, 1.165) is 73.3 Å². The molecular formula is C26H30N2O2S. The summed E-state index contributed by atoms with van der Waals surface area (Å²) in [7, 11) is 0. The molecule has 2 aromatic carbocycles. The van der Waals surface area contributed by atoms with Crippen molar-refractivity contribution in [3.63, 3.8) is 0 Å². The molecule has 0 atom stereocenters. The maximum atomic E-state index is 5.90. The quantitative estimate of drug-likeness (QED) is 0.423. The fourth-order valence-corrected chi connectivity index (χ4v) is 4.46. The Morgan fingerprint density at radius 3 is 2.42 bits per heavy atom. The number of rotatable bonds is 10. The number of aryl methyl sites for hydroxylation is 1. The predicted molar refractivity (Wildman–Crippen MR) is 129 cm³/mol. The number of pyridine rings is 1. The predicted octanol–water partition coefficient (Wildman–Crippen LogP) is 4.94. The second-order valence-corrected chi connectivity index (χ2v) is 8.76. The Balaban J connectivity index is 1.20. The monoisotopic (exact) mass is 434 g/mol. The number of hydrogen-bond donors (Lipinski definition) is 0. The molecule has 0 amide bonds. The molecule has 31 heavy (non-hydrogen) atoms. The lowest BCUT2D eigenvalue weighted by atomic mass is 10.1. The third kappa shape index (κ3) is 7.10. The van der Waals surface area contributed by atoms with Crippen LogP contribution < -0.4 is 4.74 Å². The van der Waals surface area contributed by atoms with Gasteiger partial charge in [0.25, 0.3) is 0 Å². The molecule has 0 spiro atoms. The Hall–Kier alpha value is -2.34. The van der Waals surface area contributed by atoms with Crippen LogP contribution in [0.15, 0.2) is 72.9 Å². The van der Waals surface area contributed by atoms with E-state index in [9.17, 15) is 0 Å². The van der Waals surface area contributed by atoms with Crippen molar-refractivity contribution in [3.05, 3.63) is 84.2 Å². The van der Waals surface area contributed by atoms with Crippen LogP contribution in [0.4, 0.5) is 0 Å². The maximum Gasteiger partial charge on any atom is 0.119 e. The van der Waals surface area contributed by atoms with Gasteiger partial charge in [-0.2, -0.15) is 11.8 Å². The Morgan fingerprint density at radius 2 is 1.68 bits per heavy atom. The van der Waals surface area contributed by atoms with Crippen molar-refractivity contribution in [2.75, 3.05) is 45.2 Å². The van der Waals surface area contributed by atoms with E-state index in [2.05, 4.69) is 64.5 Å². The molecular weight excluding hydrogens is 404 g/mol. The minimum atomic E-state index is 0.706. The number of hydrogen-bond acceptors (Lipinski definition) is 5. The highest BCUT2D eigenvalue weighted by molar-refractivity contribution is 7.98. The van der Waals surface area contributed by atoms with Crippen LogP contribution in [0, 0.1) is 0 Å². The van der Waals surface area contributed by atoms with Crippen LogP contribution in [0.3, 0.4) is 0 Å². The van der Waals surface area contributed by atoms with Gasteiger partial charge in [-0.15, -0.1) is 0 Å². The molecule has 3 aromatic rings. The normalized spacial score (nSPS) is 14.5. The lowest BCUT2D eigenvalue weighted by Gasteiger charge is -2.26. The van der Waals surface area contributed by atoms with Crippen LogP contribution in [-0.4, -0.2) is 55.1 Å². The molecule has 0 saturated carbocycles. The van der Waals surface area contributed by atoms with Crippen molar-refractivity contribution >= 4 is 11.8 Å². The molecule has 1 aliphatic heterocycles. The van der Waals surface area contributed by atoms with Crippen LogP contribution in [0.25, 0.3) is 11.1 Å². The van der Waals surface area contributed by atoms with E-state index in [1.54, 1.807) is 0 Å². The second-order valence-electron chi connectivity index (χ2n) is 7.65. The molecule has 5 heteroatoms. The number of thioether (sulfide) groups is 1. The van der Waals surface area contributed by atoms with Crippen LogP contribution in [0.1, 0.15) is 11.3 Å². The summed E-state index contributed by atoms with van der Waals surface area (Å²) in [4.78, 5) is 7.04. The number of morpholine rings is 1. The number of ether oxygens (including phenoxy) is 2. The van der Waals surface area contributed by atoms with Crippen molar-refractivity contribution < 1.29 is 9.47 Å². The Labute approximate surface area is 189 Å². The summed E-state index contributed by atoms with van der Waals surface area (Å²) in [5.41, 5.74) is 4.82. The third-order valence-electron chi connectivity index (χ3n) is 5.42. The van der Waals surface area contributed by atoms with Gasteiger partial charge >= 0.3 is 0 Å². The molecule has 0 aliphatic carbocycles. The van der Waals surface area contributed by atoms with Crippen molar-refractivity contribution in [1.82, 2.24) is 9.88 Å². The highest BCUT2D eigenvalue weighted by atomic mass is 32.2. The zero-order chi connectivity index (χ0) is 21.1. The van der Waals surface area contributed by atoms with Gasteiger partial charge in [0, 0.05) is 37.1 Å². The van der Waals surface area contributed by atoms with Gasteiger partial charge in [0.1, 0.15) is 12.4 Å². The van der Waals surface area contributed by atoms with E-state index in [4.69, 9.17) is 9.47 Å². The summed E-state index contributed by atoms with van der Waals surface area (Å²) < 4.78 is 11.3. The van der Waals surface area contributed by atoms with Gasteiger partial charge in [0.05, 0.1) is 18.9 Å². The first-order chi connectivity index (χ1) is 15.4. The summed E-state index contributed by atoms with van der Waals surface area (Å²) >= 11 is 1.93. The molecule has 1 aliphatic rings. The molecule has 4 rings (SSSR count). The number of aromatic nitrogens is 1.